The molecule has 0 spiro atoms. The number of fused-ring (bicyclic) bond motifs is 3. The van der Waals surface area contributed by atoms with Gasteiger partial charge in [0, 0.05) is 16.5 Å². The van der Waals surface area contributed by atoms with Gasteiger partial charge in [-0.15, -0.1) is 22.7 Å². The summed E-state index contributed by atoms with van der Waals surface area (Å²) in [5, 5.41) is 9.18. The average Bonchev–Trinajstić information content (AvgIpc) is 3.34. The van der Waals surface area contributed by atoms with Crippen molar-refractivity contribution in [1.82, 2.24) is 5.01 Å². The normalized spacial score (nSPS) is 21.5. The van der Waals surface area contributed by atoms with Crippen molar-refractivity contribution in [3.05, 3.63) is 71.4 Å². The minimum atomic E-state index is -0.167. The van der Waals surface area contributed by atoms with Gasteiger partial charge in [-0.1, -0.05) is 22.0 Å². The lowest BCUT2D eigenvalue weighted by molar-refractivity contribution is -0.0166. The standard InChI is InChI=1S/C18H12Br2N2OS2/c19-10-3-4-14-11(8-10)13-9-12(15-5-6-17(20)25-15)21-22(13)18(23-14)16-2-1-7-24-16/h1-8,13,18H,9H2/t13-,18-/m0/s1. The Morgan fingerprint density at radius 1 is 1.16 bits per heavy atom. The maximum atomic E-state index is 6.34. The number of hydrazone groups is 1. The summed E-state index contributed by atoms with van der Waals surface area (Å²) in [4.78, 5) is 2.39. The van der Waals surface area contributed by atoms with E-state index in [1.165, 1.54) is 15.3 Å². The zero-order chi connectivity index (χ0) is 17.0. The van der Waals surface area contributed by atoms with Crippen LogP contribution in [0.3, 0.4) is 0 Å². The number of hydrogen-bond acceptors (Lipinski definition) is 5. The Morgan fingerprint density at radius 2 is 2.08 bits per heavy atom. The molecule has 2 aliphatic rings. The summed E-state index contributed by atoms with van der Waals surface area (Å²) in [5.74, 6) is 0.951. The fourth-order valence-corrected chi connectivity index (χ4v) is 5.80. The summed E-state index contributed by atoms with van der Waals surface area (Å²) in [6, 6.07) is 14.8. The van der Waals surface area contributed by atoms with Crippen molar-refractivity contribution in [3.63, 3.8) is 0 Å². The molecular weight excluding hydrogens is 484 g/mol. The van der Waals surface area contributed by atoms with Gasteiger partial charge in [0.25, 0.3) is 0 Å². The molecule has 2 aliphatic heterocycles. The van der Waals surface area contributed by atoms with Gasteiger partial charge in [0.15, 0.2) is 0 Å². The fourth-order valence-electron chi connectivity index (χ4n) is 3.30. The molecule has 0 bridgehead atoms. The number of benzene rings is 1. The van der Waals surface area contributed by atoms with E-state index in [9.17, 15) is 0 Å². The number of ether oxygens (including phenoxy) is 1. The number of hydrogen-bond donors (Lipinski definition) is 0. The molecule has 0 fully saturated rings. The van der Waals surface area contributed by atoms with Crippen LogP contribution in [0, 0.1) is 0 Å². The summed E-state index contributed by atoms with van der Waals surface area (Å²) in [5.41, 5.74) is 2.32. The molecule has 2 atom stereocenters. The van der Waals surface area contributed by atoms with Crippen molar-refractivity contribution in [2.45, 2.75) is 18.7 Å². The number of rotatable bonds is 2. The SMILES string of the molecule is Brc1ccc2c(c1)[C@@H]1CC(c3ccc(Br)s3)=NN1[C@H](c1cccs1)O2. The van der Waals surface area contributed by atoms with E-state index in [4.69, 9.17) is 9.84 Å². The second-order valence-electron chi connectivity index (χ2n) is 5.92. The van der Waals surface area contributed by atoms with E-state index in [1.807, 2.05) is 6.07 Å². The van der Waals surface area contributed by atoms with E-state index in [-0.39, 0.29) is 12.3 Å². The van der Waals surface area contributed by atoms with Gasteiger partial charge in [0.05, 0.1) is 25.3 Å². The summed E-state index contributed by atoms with van der Waals surface area (Å²) < 4.78 is 8.53. The Labute approximate surface area is 170 Å². The monoisotopic (exact) mass is 494 g/mol. The van der Waals surface area contributed by atoms with Crippen molar-refractivity contribution in [1.29, 1.82) is 0 Å². The minimum Gasteiger partial charge on any atom is -0.464 e. The molecular formula is C18H12Br2N2OS2. The van der Waals surface area contributed by atoms with Crippen LogP contribution in [0.25, 0.3) is 0 Å². The van der Waals surface area contributed by atoms with Gasteiger partial charge in [0.2, 0.25) is 6.23 Å². The van der Waals surface area contributed by atoms with E-state index in [2.05, 4.69) is 78.6 Å². The third-order valence-corrected chi connectivity index (χ3v) is 7.47. The van der Waals surface area contributed by atoms with Crippen molar-refractivity contribution in [2.75, 3.05) is 0 Å². The fraction of sp³-hybridized carbons (Fsp3) is 0.167. The van der Waals surface area contributed by atoms with Gasteiger partial charge in [-0.2, -0.15) is 5.10 Å². The number of thiophene rings is 2. The minimum absolute atomic E-state index is 0.167. The van der Waals surface area contributed by atoms with Gasteiger partial charge >= 0.3 is 0 Å². The molecule has 0 N–H and O–H groups in total. The van der Waals surface area contributed by atoms with Crippen LogP contribution in [0.5, 0.6) is 5.75 Å². The Balaban J connectivity index is 1.61. The molecule has 3 aromatic rings. The third kappa shape index (κ3) is 2.77. The Hall–Kier alpha value is -1.15. The highest BCUT2D eigenvalue weighted by Gasteiger charge is 2.41. The van der Waals surface area contributed by atoms with Crippen LogP contribution >= 0.6 is 54.5 Å². The second kappa shape index (κ2) is 6.23. The first-order chi connectivity index (χ1) is 12.2. The zero-order valence-electron chi connectivity index (χ0n) is 12.9. The smallest absolute Gasteiger partial charge is 0.222 e. The summed E-state index contributed by atoms with van der Waals surface area (Å²) in [7, 11) is 0. The molecule has 2 aromatic heterocycles. The maximum Gasteiger partial charge on any atom is 0.222 e. The molecule has 0 unspecified atom stereocenters. The van der Waals surface area contributed by atoms with E-state index in [1.54, 1.807) is 22.7 Å². The van der Waals surface area contributed by atoms with Crippen molar-refractivity contribution in [3.8, 4) is 5.75 Å². The molecule has 4 heterocycles. The first-order valence-electron chi connectivity index (χ1n) is 7.80. The van der Waals surface area contributed by atoms with Crippen LogP contribution in [0.1, 0.15) is 34.0 Å². The first-order valence-corrected chi connectivity index (χ1v) is 11.1. The maximum absolute atomic E-state index is 6.34. The second-order valence-corrected chi connectivity index (χ2v) is 10.3. The van der Waals surface area contributed by atoms with Crippen molar-refractivity contribution in [2.24, 2.45) is 5.10 Å². The number of halogens is 2. The quantitative estimate of drug-likeness (QED) is 0.401. The number of nitrogens with zero attached hydrogens (tertiary/aromatic N) is 2. The van der Waals surface area contributed by atoms with Crippen molar-refractivity contribution >= 4 is 60.2 Å². The van der Waals surface area contributed by atoms with Crippen LogP contribution in [0.15, 0.2) is 61.2 Å². The molecule has 1 aromatic carbocycles. The van der Waals surface area contributed by atoms with Gasteiger partial charge in [0.1, 0.15) is 5.75 Å². The molecule has 25 heavy (non-hydrogen) atoms. The average molecular weight is 496 g/mol. The summed E-state index contributed by atoms with van der Waals surface area (Å²) in [6.45, 7) is 0. The third-order valence-electron chi connectivity index (χ3n) is 4.40. The van der Waals surface area contributed by atoms with Gasteiger partial charge in [-0.05, 0) is 57.7 Å². The molecule has 0 saturated heterocycles. The summed E-state index contributed by atoms with van der Waals surface area (Å²) in [6.07, 6.45) is 0.723. The first kappa shape index (κ1) is 16.1. The Bertz CT molecular complexity index is 967. The molecule has 126 valence electrons. The largest absolute Gasteiger partial charge is 0.464 e. The van der Waals surface area contributed by atoms with Crippen molar-refractivity contribution < 1.29 is 4.74 Å². The predicted octanol–water partition coefficient (Wildman–Crippen LogP) is 6.58. The van der Waals surface area contributed by atoms with Gasteiger partial charge < -0.3 is 4.74 Å². The highest BCUT2D eigenvalue weighted by Crippen LogP contribution is 2.49. The molecule has 7 heteroatoms. The molecule has 5 rings (SSSR count). The predicted molar refractivity (Wildman–Crippen MR) is 110 cm³/mol. The lowest BCUT2D eigenvalue weighted by atomic mass is 9.98. The highest BCUT2D eigenvalue weighted by atomic mass is 79.9. The molecule has 0 saturated carbocycles. The molecule has 0 radical (unpaired) electrons. The van der Waals surface area contributed by atoms with Crippen LogP contribution in [-0.2, 0) is 0 Å². The van der Waals surface area contributed by atoms with E-state index < -0.39 is 0 Å². The van der Waals surface area contributed by atoms with E-state index >= 15 is 0 Å². The van der Waals surface area contributed by atoms with Crippen LogP contribution in [0.2, 0.25) is 0 Å². The van der Waals surface area contributed by atoms with Crippen LogP contribution < -0.4 is 4.74 Å². The lowest BCUT2D eigenvalue weighted by Crippen LogP contribution is -2.33. The van der Waals surface area contributed by atoms with Crippen LogP contribution in [0.4, 0.5) is 0 Å². The highest BCUT2D eigenvalue weighted by molar-refractivity contribution is 9.11. The summed E-state index contributed by atoms with van der Waals surface area (Å²) >= 11 is 10.6. The van der Waals surface area contributed by atoms with Gasteiger partial charge in [-0.25, -0.2) is 5.01 Å². The Kier molecular flexibility index (Phi) is 4.00. The Morgan fingerprint density at radius 3 is 2.84 bits per heavy atom. The molecule has 0 aliphatic carbocycles. The van der Waals surface area contributed by atoms with E-state index in [0.717, 1.165) is 26.1 Å². The topological polar surface area (TPSA) is 24.8 Å². The molecule has 3 nitrogen and oxygen atoms in total. The lowest BCUT2D eigenvalue weighted by Gasteiger charge is -2.37. The van der Waals surface area contributed by atoms with Crippen LogP contribution in [-0.4, -0.2) is 10.7 Å². The van der Waals surface area contributed by atoms with E-state index in [0.29, 0.717) is 0 Å². The zero-order valence-corrected chi connectivity index (χ0v) is 17.7. The molecule has 0 amide bonds. The van der Waals surface area contributed by atoms with Gasteiger partial charge in [-0.3, -0.25) is 0 Å².